The predicted octanol–water partition coefficient (Wildman–Crippen LogP) is 6.63. The third-order valence-electron chi connectivity index (χ3n) is 8.47. The molecule has 1 aliphatic heterocycles. The third kappa shape index (κ3) is 6.07. The summed E-state index contributed by atoms with van der Waals surface area (Å²) < 4.78 is 7.81. The molecule has 0 radical (unpaired) electrons. The summed E-state index contributed by atoms with van der Waals surface area (Å²) in [5.41, 5.74) is 2.84. The summed E-state index contributed by atoms with van der Waals surface area (Å²) in [5.74, 6) is 0.342. The lowest BCUT2D eigenvalue weighted by molar-refractivity contribution is -0.384. The second-order valence-corrected chi connectivity index (χ2v) is 13.5. The molecule has 1 atom stereocenters. The van der Waals surface area contributed by atoms with Crippen molar-refractivity contribution in [2.75, 3.05) is 20.2 Å². The molecule has 5 aromatic rings. The van der Waals surface area contributed by atoms with Crippen LogP contribution in [-0.2, 0) is 4.79 Å². The third-order valence-corrected chi connectivity index (χ3v) is 10.5. The van der Waals surface area contributed by atoms with E-state index in [4.69, 9.17) is 9.73 Å². The Morgan fingerprint density at radius 3 is 2.48 bits per heavy atom. The number of likely N-dealkylation sites (N-methyl/N-ethyl adjacent to an activating group) is 1. The Balaban J connectivity index is 1.62. The zero-order valence-corrected chi connectivity index (χ0v) is 28.9. The number of nitrogens with zero attached hydrogens (tertiary/aromatic N) is 4. The Kier molecular flexibility index (Phi) is 9.34. The van der Waals surface area contributed by atoms with E-state index in [1.165, 1.54) is 35.2 Å². The molecule has 4 aromatic carbocycles. The second-order valence-electron chi connectivity index (χ2n) is 11.4. The van der Waals surface area contributed by atoms with Gasteiger partial charge in [0.25, 0.3) is 17.2 Å². The summed E-state index contributed by atoms with van der Waals surface area (Å²) in [7, 11) is 1.58. The molecule has 6 rings (SSSR count). The molecule has 0 saturated heterocycles. The van der Waals surface area contributed by atoms with Gasteiger partial charge >= 0.3 is 0 Å². The van der Waals surface area contributed by atoms with Gasteiger partial charge < -0.3 is 9.64 Å². The normalized spacial score (nSPS) is 14.5. The van der Waals surface area contributed by atoms with Crippen LogP contribution >= 0.6 is 23.1 Å². The Bertz CT molecular complexity index is 2290. The Labute approximate surface area is 285 Å². The maximum absolute atomic E-state index is 14.6. The van der Waals surface area contributed by atoms with Gasteiger partial charge in [-0.1, -0.05) is 71.1 Å². The number of methoxy groups -OCH3 is 1. The highest BCUT2D eigenvalue weighted by Gasteiger charge is 2.36. The maximum Gasteiger partial charge on any atom is 0.271 e. The number of carbonyl (C=O) groups excluding carboxylic acids is 1. The fraction of sp³-hybridized carbons (Fsp3) is 0.216. The van der Waals surface area contributed by atoms with Crippen LogP contribution in [0.3, 0.4) is 0 Å². The van der Waals surface area contributed by atoms with Crippen LogP contribution in [0.5, 0.6) is 5.75 Å². The summed E-state index contributed by atoms with van der Waals surface area (Å²) in [5, 5.41) is 13.6. The monoisotopic (exact) mass is 678 g/mol. The number of ether oxygens (including phenoxy) is 1. The number of non-ortho nitro benzene ring substituents is 1. The molecule has 48 heavy (non-hydrogen) atoms. The molecule has 1 aliphatic rings. The number of rotatable bonds is 9. The molecule has 0 bridgehead atoms. The zero-order valence-electron chi connectivity index (χ0n) is 27.2. The first-order valence-corrected chi connectivity index (χ1v) is 17.2. The number of fused-ring (bicyclic) bond motifs is 2. The zero-order chi connectivity index (χ0) is 34.1. The molecular weight excluding hydrogens is 645 g/mol. The predicted molar refractivity (Wildman–Crippen MR) is 191 cm³/mol. The Morgan fingerprint density at radius 2 is 1.79 bits per heavy atom. The number of amides is 1. The summed E-state index contributed by atoms with van der Waals surface area (Å²) >= 11 is 2.66. The molecule has 244 valence electrons. The summed E-state index contributed by atoms with van der Waals surface area (Å²) in [6.45, 7) is 8.63. The standard InChI is InChI=1S/C37H34N4O5S2/c1-6-39(7-2)36(43)32-23(4)38-37-40(34(32)33-28-11-9-8-10-24(28)14-18-29(33)46-5)35(42)31(48-37)21-25-20-26(41(44)45)15-19-30(25)47-27-16-12-22(3)13-17-27/h8-21,34H,6-7H2,1-5H3/b31-21-/t34-/m0/s1. The van der Waals surface area contributed by atoms with Gasteiger partial charge in [-0.05, 0) is 74.4 Å². The van der Waals surface area contributed by atoms with Gasteiger partial charge in [0.1, 0.15) is 11.8 Å². The van der Waals surface area contributed by atoms with Gasteiger partial charge in [-0.15, -0.1) is 0 Å². The number of thiazole rings is 1. The molecule has 2 heterocycles. The smallest absolute Gasteiger partial charge is 0.271 e. The Morgan fingerprint density at radius 1 is 1.06 bits per heavy atom. The molecular formula is C37H34N4O5S2. The number of aryl methyl sites for hydroxylation is 1. The highest BCUT2D eigenvalue weighted by atomic mass is 32.2. The van der Waals surface area contributed by atoms with Gasteiger partial charge in [0, 0.05) is 40.6 Å². The largest absolute Gasteiger partial charge is 0.496 e. The summed E-state index contributed by atoms with van der Waals surface area (Å²) in [4.78, 5) is 48.9. The summed E-state index contributed by atoms with van der Waals surface area (Å²) in [6.07, 6.45) is 1.69. The number of benzene rings is 4. The van der Waals surface area contributed by atoms with Crippen molar-refractivity contribution in [2.45, 2.75) is 43.5 Å². The minimum absolute atomic E-state index is 0.0800. The second kappa shape index (κ2) is 13.6. The van der Waals surface area contributed by atoms with Gasteiger partial charge in [-0.3, -0.25) is 24.3 Å². The van der Waals surface area contributed by atoms with Gasteiger partial charge in [-0.25, -0.2) is 4.99 Å². The molecule has 0 aliphatic carbocycles. The van der Waals surface area contributed by atoms with Crippen LogP contribution in [-0.4, -0.2) is 40.5 Å². The van der Waals surface area contributed by atoms with E-state index in [-0.39, 0.29) is 17.2 Å². The van der Waals surface area contributed by atoms with Crippen LogP contribution in [0, 0.1) is 17.0 Å². The molecule has 9 nitrogen and oxygen atoms in total. The molecule has 0 spiro atoms. The number of hydrogen-bond donors (Lipinski definition) is 0. The minimum atomic E-state index is -0.830. The number of aromatic nitrogens is 1. The minimum Gasteiger partial charge on any atom is -0.496 e. The molecule has 1 aromatic heterocycles. The number of nitro benzene ring substituents is 1. The van der Waals surface area contributed by atoms with E-state index in [0.717, 1.165) is 26.1 Å². The molecule has 0 fully saturated rings. The number of carbonyl (C=O) groups is 1. The lowest BCUT2D eigenvalue weighted by Crippen LogP contribution is -2.43. The first-order valence-electron chi connectivity index (χ1n) is 15.6. The number of allylic oxidation sites excluding steroid dienone is 1. The van der Waals surface area contributed by atoms with E-state index in [2.05, 4.69) is 0 Å². The van der Waals surface area contributed by atoms with Crippen LogP contribution in [0.25, 0.3) is 16.8 Å². The van der Waals surface area contributed by atoms with Crippen molar-refractivity contribution in [1.29, 1.82) is 0 Å². The van der Waals surface area contributed by atoms with E-state index >= 15 is 0 Å². The number of nitro groups is 1. The van der Waals surface area contributed by atoms with Gasteiger partial charge in [0.2, 0.25) is 0 Å². The van der Waals surface area contributed by atoms with E-state index in [1.807, 2.05) is 81.4 Å². The van der Waals surface area contributed by atoms with Crippen molar-refractivity contribution in [1.82, 2.24) is 9.47 Å². The van der Waals surface area contributed by atoms with Gasteiger partial charge in [-0.2, -0.15) is 0 Å². The van der Waals surface area contributed by atoms with E-state index in [9.17, 15) is 19.7 Å². The van der Waals surface area contributed by atoms with Crippen molar-refractivity contribution >= 4 is 51.5 Å². The van der Waals surface area contributed by atoms with Crippen molar-refractivity contribution in [3.63, 3.8) is 0 Å². The van der Waals surface area contributed by atoms with Crippen molar-refractivity contribution in [3.8, 4) is 5.75 Å². The van der Waals surface area contributed by atoms with E-state index in [0.29, 0.717) is 50.6 Å². The van der Waals surface area contributed by atoms with Crippen LogP contribution in [0.1, 0.15) is 43.5 Å². The van der Waals surface area contributed by atoms with E-state index < -0.39 is 11.0 Å². The molecule has 0 N–H and O–H groups in total. The van der Waals surface area contributed by atoms with Gasteiger partial charge in [0.05, 0.1) is 27.8 Å². The molecule has 0 unspecified atom stereocenters. The van der Waals surface area contributed by atoms with Crippen molar-refractivity contribution in [3.05, 3.63) is 137 Å². The van der Waals surface area contributed by atoms with Crippen molar-refractivity contribution < 1.29 is 14.5 Å². The van der Waals surface area contributed by atoms with Gasteiger partial charge in [0.15, 0.2) is 4.80 Å². The van der Waals surface area contributed by atoms with Crippen LogP contribution in [0.4, 0.5) is 5.69 Å². The van der Waals surface area contributed by atoms with Crippen LogP contribution in [0.2, 0.25) is 0 Å². The first kappa shape index (κ1) is 32.9. The topological polar surface area (TPSA) is 107 Å². The summed E-state index contributed by atoms with van der Waals surface area (Å²) in [6, 6.07) is 23.5. The SMILES string of the molecule is CCN(CC)C(=O)C1=C(C)N=c2s/c(=C\c3cc([N+](=O)[O-])ccc3Sc3ccc(C)cc3)c(=O)n2[C@@H]1c1c(OC)ccc2ccccc12. The average molecular weight is 679 g/mol. The van der Waals surface area contributed by atoms with Crippen LogP contribution < -0.4 is 19.6 Å². The molecule has 0 saturated carbocycles. The highest BCUT2D eigenvalue weighted by molar-refractivity contribution is 7.99. The maximum atomic E-state index is 14.6. The lowest BCUT2D eigenvalue weighted by Gasteiger charge is -2.30. The number of hydrogen-bond acceptors (Lipinski definition) is 8. The fourth-order valence-electron chi connectivity index (χ4n) is 6.01. The van der Waals surface area contributed by atoms with Crippen LogP contribution in [0.15, 0.2) is 110 Å². The highest BCUT2D eigenvalue weighted by Crippen LogP contribution is 2.41. The first-order chi connectivity index (χ1) is 23.1. The quantitative estimate of drug-likeness (QED) is 0.128. The van der Waals surface area contributed by atoms with Crippen molar-refractivity contribution in [2.24, 2.45) is 4.99 Å². The fourth-order valence-corrected chi connectivity index (χ4v) is 7.95. The average Bonchev–Trinajstić information content (AvgIpc) is 3.39. The molecule has 1 amide bonds. The van der Waals surface area contributed by atoms with E-state index in [1.54, 1.807) is 35.6 Å². The lowest BCUT2D eigenvalue weighted by atomic mass is 9.90. The molecule has 11 heteroatoms. The Hall–Kier alpha value is -5.00.